The lowest BCUT2D eigenvalue weighted by atomic mass is 10.00. The molecular weight excluding hydrogens is 356 g/mol. The molecule has 0 aliphatic heterocycles. The van der Waals surface area contributed by atoms with Crippen molar-refractivity contribution in [1.82, 2.24) is 20.1 Å². The van der Waals surface area contributed by atoms with E-state index in [1.54, 1.807) is 22.3 Å². The van der Waals surface area contributed by atoms with Gasteiger partial charge in [-0.15, -0.1) is 11.3 Å². The zero-order chi connectivity index (χ0) is 18.5. The second-order valence-electron chi connectivity index (χ2n) is 7.07. The number of thiophene rings is 1. The zero-order valence-electron chi connectivity index (χ0n) is 15.4. The number of amides is 1. The van der Waals surface area contributed by atoms with E-state index in [1.165, 1.54) is 42.5 Å². The summed E-state index contributed by atoms with van der Waals surface area (Å²) >= 11 is 1.68. The van der Waals surface area contributed by atoms with Crippen molar-refractivity contribution < 1.29 is 4.79 Å². The Morgan fingerprint density at radius 2 is 1.96 bits per heavy atom. The van der Waals surface area contributed by atoms with Crippen LogP contribution in [0.15, 0.2) is 43.0 Å². The first-order chi connectivity index (χ1) is 13.3. The Labute approximate surface area is 163 Å². The van der Waals surface area contributed by atoms with Crippen LogP contribution in [0.1, 0.15) is 56.9 Å². The molecule has 0 saturated heterocycles. The Morgan fingerprint density at radius 3 is 2.81 bits per heavy atom. The highest BCUT2D eigenvalue weighted by molar-refractivity contribution is 7.14. The molecule has 0 saturated carbocycles. The molecule has 1 amide bonds. The first-order valence-electron chi connectivity index (χ1n) is 9.58. The Kier molecular flexibility index (Phi) is 5.63. The van der Waals surface area contributed by atoms with Crippen molar-refractivity contribution in [1.29, 1.82) is 0 Å². The van der Waals surface area contributed by atoms with Crippen LogP contribution in [0.3, 0.4) is 0 Å². The summed E-state index contributed by atoms with van der Waals surface area (Å²) in [4.78, 5) is 18.9. The maximum Gasteiger partial charge on any atom is 0.261 e. The number of benzene rings is 1. The second kappa shape index (κ2) is 8.48. The summed E-state index contributed by atoms with van der Waals surface area (Å²) in [5, 5.41) is 7.22. The number of carbonyl (C=O) groups excluding carboxylic acids is 1. The number of hydrogen-bond donors (Lipinski definition) is 1. The van der Waals surface area contributed by atoms with E-state index in [9.17, 15) is 4.79 Å². The molecule has 1 aromatic carbocycles. The third-order valence-corrected chi connectivity index (χ3v) is 6.21. The fourth-order valence-corrected chi connectivity index (χ4v) is 4.73. The maximum absolute atomic E-state index is 12.6. The first-order valence-corrected chi connectivity index (χ1v) is 10.4. The predicted molar refractivity (Wildman–Crippen MR) is 107 cm³/mol. The lowest BCUT2D eigenvalue weighted by molar-refractivity contribution is 0.0955. The van der Waals surface area contributed by atoms with Crippen molar-refractivity contribution in [3.05, 3.63) is 69.4 Å². The van der Waals surface area contributed by atoms with E-state index in [4.69, 9.17) is 0 Å². The lowest BCUT2D eigenvalue weighted by Gasteiger charge is -2.07. The van der Waals surface area contributed by atoms with Crippen molar-refractivity contribution in [2.45, 2.75) is 51.6 Å². The highest BCUT2D eigenvalue weighted by Gasteiger charge is 2.15. The minimum absolute atomic E-state index is 0.0356. The quantitative estimate of drug-likeness (QED) is 0.728. The van der Waals surface area contributed by atoms with Crippen molar-refractivity contribution in [3.8, 4) is 0 Å². The highest BCUT2D eigenvalue weighted by atomic mass is 32.1. The molecule has 0 bridgehead atoms. The Hall–Kier alpha value is -2.47. The van der Waals surface area contributed by atoms with Gasteiger partial charge in [0.05, 0.1) is 11.4 Å². The van der Waals surface area contributed by atoms with Crippen LogP contribution in [0, 0.1) is 0 Å². The van der Waals surface area contributed by atoms with Gasteiger partial charge in [0.2, 0.25) is 0 Å². The van der Waals surface area contributed by atoms with Crippen LogP contribution < -0.4 is 5.32 Å². The molecule has 0 unspecified atom stereocenters. The third kappa shape index (κ3) is 4.63. The van der Waals surface area contributed by atoms with E-state index in [0.29, 0.717) is 13.1 Å². The molecule has 0 atom stereocenters. The minimum atomic E-state index is 0.0356. The van der Waals surface area contributed by atoms with Gasteiger partial charge < -0.3 is 5.32 Å². The number of hydrogen-bond acceptors (Lipinski definition) is 4. The van der Waals surface area contributed by atoms with Gasteiger partial charge in [-0.2, -0.15) is 5.10 Å². The summed E-state index contributed by atoms with van der Waals surface area (Å²) < 4.78 is 1.79. The number of nitrogens with zero attached hydrogens (tertiary/aromatic N) is 3. The van der Waals surface area contributed by atoms with Crippen LogP contribution >= 0.6 is 11.3 Å². The van der Waals surface area contributed by atoms with Gasteiger partial charge in [0.1, 0.15) is 12.7 Å². The van der Waals surface area contributed by atoms with Gasteiger partial charge in [-0.3, -0.25) is 4.79 Å². The molecule has 2 aromatic heterocycles. The Bertz CT molecular complexity index is 875. The summed E-state index contributed by atoms with van der Waals surface area (Å²) in [7, 11) is 0. The molecule has 1 aliphatic rings. The molecule has 1 aliphatic carbocycles. The van der Waals surface area contributed by atoms with E-state index in [1.807, 2.05) is 12.1 Å². The van der Waals surface area contributed by atoms with Crippen LogP contribution in [0.25, 0.3) is 0 Å². The molecule has 3 aromatic rings. The largest absolute Gasteiger partial charge is 0.347 e. The Morgan fingerprint density at radius 1 is 1.11 bits per heavy atom. The molecule has 0 fully saturated rings. The maximum atomic E-state index is 12.6. The molecule has 4 rings (SSSR count). The molecule has 2 heterocycles. The summed E-state index contributed by atoms with van der Waals surface area (Å²) in [6, 6.07) is 10.3. The van der Waals surface area contributed by atoms with Crippen LogP contribution in [0.5, 0.6) is 0 Å². The average Bonchev–Trinajstić information content (AvgIpc) is 3.30. The summed E-state index contributed by atoms with van der Waals surface area (Å²) in [5.41, 5.74) is 3.63. The molecule has 0 radical (unpaired) electrons. The van der Waals surface area contributed by atoms with E-state index >= 15 is 0 Å². The predicted octanol–water partition coefficient (Wildman–Crippen LogP) is 3.98. The third-order valence-electron chi connectivity index (χ3n) is 4.98. The van der Waals surface area contributed by atoms with Crippen molar-refractivity contribution in [3.63, 3.8) is 0 Å². The number of aryl methyl sites for hydroxylation is 2. The Balaban J connectivity index is 1.38. The van der Waals surface area contributed by atoms with Gasteiger partial charge in [-0.05, 0) is 48.4 Å². The number of rotatable bonds is 5. The number of nitrogens with one attached hydrogen (secondary N) is 1. The SMILES string of the molecule is O=C(NCc1cccc(Cn2cncn2)c1)c1cc2c(s1)CCCCCC2. The molecule has 5 nitrogen and oxygen atoms in total. The monoisotopic (exact) mass is 380 g/mol. The second-order valence-corrected chi connectivity index (χ2v) is 8.21. The van der Waals surface area contributed by atoms with E-state index in [-0.39, 0.29) is 5.91 Å². The fourth-order valence-electron chi connectivity index (χ4n) is 3.56. The molecule has 1 N–H and O–H groups in total. The average molecular weight is 381 g/mol. The fraction of sp³-hybridized carbons (Fsp3) is 0.381. The highest BCUT2D eigenvalue weighted by Crippen LogP contribution is 2.28. The van der Waals surface area contributed by atoms with Gasteiger partial charge in [0, 0.05) is 11.4 Å². The summed E-state index contributed by atoms with van der Waals surface area (Å²) in [6.45, 7) is 1.21. The van der Waals surface area contributed by atoms with E-state index in [2.05, 4.69) is 33.6 Å². The topological polar surface area (TPSA) is 59.8 Å². The van der Waals surface area contributed by atoms with Gasteiger partial charge in [0.25, 0.3) is 5.91 Å². The number of fused-ring (bicyclic) bond motifs is 1. The van der Waals surface area contributed by atoms with Crippen LogP contribution in [0.2, 0.25) is 0 Å². The van der Waals surface area contributed by atoms with Gasteiger partial charge in [-0.1, -0.05) is 37.1 Å². The van der Waals surface area contributed by atoms with E-state index in [0.717, 1.165) is 28.8 Å². The van der Waals surface area contributed by atoms with Crippen molar-refractivity contribution in [2.24, 2.45) is 0 Å². The van der Waals surface area contributed by atoms with E-state index < -0.39 is 0 Å². The van der Waals surface area contributed by atoms with Crippen LogP contribution in [-0.2, 0) is 25.9 Å². The minimum Gasteiger partial charge on any atom is -0.347 e. The molecular formula is C21H24N4OS. The smallest absolute Gasteiger partial charge is 0.261 e. The lowest BCUT2D eigenvalue weighted by Crippen LogP contribution is -2.21. The molecule has 27 heavy (non-hydrogen) atoms. The number of carbonyl (C=O) groups is 1. The molecule has 140 valence electrons. The van der Waals surface area contributed by atoms with Crippen molar-refractivity contribution in [2.75, 3.05) is 0 Å². The van der Waals surface area contributed by atoms with Gasteiger partial charge >= 0.3 is 0 Å². The van der Waals surface area contributed by atoms with Crippen molar-refractivity contribution >= 4 is 17.2 Å². The standard InChI is InChI=1S/C21H24N4OS/c26-21(20-11-18-8-3-1-2-4-9-19(18)27-20)23-12-16-6-5-7-17(10-16)13-25-15-22-14-24-25/h5-7,10-11,14-15H,1-4,8-9,12-13H2,(H,23,26). The van der Waals surface area contributed by atoms with Gasteiger partial charge in [-0.25, -0.2) is 9.67 Å². The van der Waals surface area contributed by atoms with Gasteiger partial charge in [0.15, 0.2) is 0 Å². The zero-order valence-corrected chi connectivity index (χ0v) is 16.2. The normalized spacial score (nSPS) is 14.2. The summed E-state index contributed by atoms with van der Waals surface area (Å²) in [6.07, 6.45) is 10.6. The molecule has 0 spiro atoms. The van der Waals surface area contributed by atoms with Crippen LogP contribution in [0.4, 0.5) is 0 Å². The molecule has 6 heteroatoms. The first kappa shape index (κ1) is 17.9. The summed E-state index contributed by atoms with van der Waals surface area (Å²) in [5.74, 6) is 0.0356. The number of aromatic nitrogens is 3. The van der Waals surface area contributed by atoms with Crippen LogP contribution in [-0.4, -0.2) is 20.7 Å².